The Hall–Kier alpha value is -1.84. The van der Waals surface area contributed by atoms with Gasteiger partial charge in [0.05, 0.1) is 5.92 Å². The lowest BCUT2D eigenvalue weighted by Gasteiger charge is -2.33. The number of benzene rings is 1. The van der Waals surface area contributed by atoms with Gasteiger partial charge in [0.1, 0.15) is 0 Å². The smallest absolute Gasteiger partial charge is 0.306 e. The molecule has 2 N–H and O–H groups in total. The summed E-state index contributed by atoms with van der Waals surface area (Å²) in [5, 5.41) is 12.0. The molecule has 1 aromatic rings. The zero-order valence-corrected chi connectivity index (χ0v) is 9.64. The van der Waals surface area contributed by atoms with E-state index >= 15 is 0 Å². The average Bonchev–Trinajstić information content (AvgIpc) is 2.22. The molecule has 17 heavy (non-hydrogen) atoms. The molecular weight excluding hydrogens is 218 g/mol. The number of rotatable bonds is 4. The van der Waals surface area contributed by atoms with Gasteiger partial charge in [0.15, 0.2) is 5.78 Å². The van der Waals surface area contributed by atoms with E-state index in [2.05, 4.69) is 5.32 Å². The van der Waals surface area contributed by atoms with Crippen molar-refractivity contribution in [3.63, 3.8) is 0 Å². The molecule has 4 heteroatoms. The Kier molecular flexibility index (Phi) is 3.13. The lowest BCUT2D eigenvalue weighted by Crippen LogP contribution is -2.39. The second kappa shape index (κ2) is 4.57. The number of ketones is 1. The monoisotopic (exact) mass is 233 g/mol. The van der Waals surface area contributed by atoms with Crippen LogP contribution in [0.25, 0.3) is 0 Å². The van der Waals surface area contributed by atoms with Crippen molar-refractivity contribution in [2.75, 3.05) is 5.32 Å². The highest BCUT2D eigenvalue weighted by Crippen LogP contribution is 2.30. The van der Waals surface area contributed by atoms with Gasteiger partial charge in [-0.2, -0.15) is 0 Å². The molecule has 0 spiro atoms. The van der Waals surface area contributed by atoms with Gasteiger partial charge in [-0.3, -0.25) is 9.59 Å². The predicted octanol–water partition coefficient (Wildman–Crippen LogP) is 2.16. The van der Waals surface area contributed by atoms with E-state index in [1.165, 1.54) is 6.92 Å². The van der Waals surface area contributed by atoms with Crippen LogP contribution in [0.5, 0.6) is 0 Å². The van der Waals surface area contributed by atoms with Gasteiger partial charge in [0, 0.05) is 17.3 Å². The Bertz CT molecular complexity index is 450. The van der Waals surface area contributed by atoms with Crippen LogP contribution in [0.2, 0.25) is 0 Å². The fourth-order valence-electron chi connectivity index (χ4n) is 2.00. The van der Waals surface area contributed by atoms with Crippen LogP contribution in [0, 0.1) is 5.92 Å². The number of carboxylic acids is 1. The Labute approximate surface area is 99.6 Å². The highest BCUT2D eigenvalue weighted by molar-refractivity contribution is 5.94. The number of anilines is 1. The highest BCUT2D eigenvalue weighted by atomic mass is 16.4. The molecular formula is C13H15NO3. The van der Waals surface area contributed by atoms with Crippen LogP contribution < -0.4 is 5.32 Å². The van der Waals surface area contributed by atoms with Gasteiger partial charge in [-0.1, -0.05) is 12.1 Å². The van der Waals surface area contributed by atoms with E-state index in [-0.39, 0.29) is 17.7 Å². The van der Waals surface area contributed by atoms with Crippen molar-refractivity contribution >= 4 is 17.4 Å². The molecule has 0 radical (unpaired) electrons. The molecule has 0 unspecified atom stereocenters. The molecule has 1 fully saturated rings. The Balaban J connectivity index is 1.94. The van der Waals surface area contributed by atoms with E-state index in [1.54, 1.807) is 12.1 Å². The summed E-state index contributed by atoms with van der Waals surface area (Å²) in [6, 6.07) is 7.50. The summed E-state index contributed by atoms with van der Waals surface area (Å²) in [7, 11) is 0. The second-order valence-electron chi connectivity index (χ2n) is 4.48. The minimum atomic E-state index is -0.722. The SMILES string of the molecule is CC(=O)c1cccc(NC2CC(C(=O)O)C2)c1. The van der Waals surface area contributed by atoms with Crippen LogP contribution in [0.15, 0.2) is 24.3 Å². The molecule has 2 rings (SSSR count). The number of Topliss-reactive ketones (excluding diaryl/α,β-unsaturated/α-hetero) is 1. The van der Waals surface area contributed by atoms with E-state index < -0.39 is 5.97 Å². The number of carbonyl (C=O) groups is 2. The molecule has 0 aromatic heterocycles. The van der Waals surface area contributed by atoms with Crippen LogP contribution in [0.1, 0.15) is 30.1 Å². The first-order valence-electron chi connectivity index (χ1n) is 5.66. The van der Waals surface area contributed by atoms with Gasteiger partial charge in [-0.05, 0) is 31.9 Å². The number of nitrogens with one attached hydrogen (secondary N) is 1. The third-order valence-corrected chi connectivity index (χ3v) is 3.13. The summed E-state index contributed by atoms with van der Waals surface area (Å²) < 4.78 is 0. The van der Waals surface area contributed by atoms with E-state index in [4.69, 9.17) is 5.11 Å². The second-order valence-corrected chi connectivity index (χ2v) is 4.48. The number of hydrogen-bond acceptors (Lipinski definition) is 3. The topological polar surface area (TPSA) is 66.4 Å². The summed E-state index contributed by atoms with van der Waals surface area (Å²) >= 11 is 0. The van der Waals surface area contributed by atoms with Gasteiger partial charge in [0.2, 0.25) is 0 Å². The zero-order valence-electron chi connectivity index (χ0n) is 9.64. The first-order chi connectivity index (χ1) is 8.06. The fraction of sp³-hybridized carbons (Fsp3) is 0.385. The molecule has 4 nitrogen and oxygen atoms in total. The minimum Gasteiger partial charge on any atom is -0.481 e. The molecule has 0 atom stereocenters. The zero-order chi connectivity index (χ0) is 12.4. The minimum absolute atomic E-state index is 0.0330. The van der Waals surface area contributed by atoms with Crippen molar-refractivity contribution in [2.24, 2.45) is 5.92 Å². The van der Waals surface area contributed by atoms with Gasteiger partial charge in [0.25, 0.3) is 0 Å². The Morgan fingerprint density at radius 1 is 1.35 bits per heavy atom. The Morgan fingerprint density at radius 2 is 2.06 bits per heavy atom. The summed E-state index contributed by atoms with van der Waals surface area (Å²) in [6.45, 7) is 1.53. The summed E-state index contributed by atoms with van der Waals surface area (Å²) in [5.74, 6) is -0.908. The standard InChI is InChI=1S/C13H15NO3/c1-8(15)9-3-2-4-11(5-9)14-12-6-10(7-12)13(16)17/h2-5,10,12,14H,6-7H2,1H3,(H,16,17). The van der Waals surface area contributed by atoms with Crippen molar-refractivity contribution in [1.82, 2.24) is 0 Å². The maximum absolute atomic E-state index is 11.2. The maximum Gasteiger partial charge on any atom is 0.306 e. The number of carbonyl (C=O) groups excluding carboxylic acids is 1. The van der Waals surface area contributed by atoms with Gasteiger partial charge in [-0.25, -0.2) is 0 Å². The van der Waals surface area contributed by atoms with Crippen LogP contribution in [-0.2, 0) is 4.79 Å². The largest absolute Gasteiger partial charge is 0.481 e. The van der Waals surface area contributed by atoms with Crippen LogP contribution in [0.4, 0.5) is 5.69 Å². The van der Waals surface area contributed by atoms with Crippen LogP contribution in [-0.4, -0.2) is 22.9 Å². The molecule has 1 aromatic carbocycles. The fourth-order valence-corrected chi connectivity index (χ4v) is 2.00. The molecule has 1 saturated carbocycles. The molecule has 1 aliphatic rings. The van der Waals surface area contributed by atoms with E-state index in [1.807, 2.05) is 12.1 Å². The molecule has 0 bridgehead atoms. The van der Waals surface area contributed by atoms with Crippen molar-refractivity contribution in [3.05, 3.63) is 29.8 Å². The van der Waals surface area contributed by atoms with Crippen molar-refractivity contribution < 1.29 is 14.7 Å². The third kappa shape index (κ3) is 2.64. The molecule has 0 saturated heterocycles. The van der Waals surface area contributed by atoms with Crippen molar-refractivity contribution in [3.8, 4) is 0 Å². The Morgan fingerprint density at radius 3 is 2.65 bits per heavy atom. The molecule has 1 aliphatic carbocycles. The summed E-state index contributed by atoms with van der Waals surface area (Å²) in [5.41, 5.74) is 1.55. The quantitative estimate of drug-likeness (QED) is 0.782. The van der Waals surface area contributed by atoms with E-state index in [0.717, 1.165) is 5.69 Å². The summed E-state index contributed by atoms with van der Waals surface area (Å²) in [6.07, 6.45) is 1.30. The highest BCUT2D eigenvalue weighted by Gasteiger charge is 2.34. The first-order valence-corrected chi connectivity index (χ1v) is 5.66. The van der Waals surface area contributed by atoms with Gasteiger partial charge < -0.3 is 10.4 Å². The lowest BCUT2D eigenvalue weighted by molar-refractivity contribution is -0.144. The van der Waals surface area contributed by atoms with Crippen LogP contribution in [0.3, 0.4) is 0 Å². The lowest BCUT2D eigenvalue weighted by atomic mass is 9.80. The van der Waals surface area contributed by atoms with Gasteiger partial charge in [-0.15, -0.1) is 0 Å². The number of hydrogen-bond donors (Lipinski definition) is 2. The van der Waals surface area contributed by atoms with E-state index in [9.17, 15) is 9.59 Å². The molecule has 0 aliphatic heterocycles. The van der Waals surface area contributed by atoms with E-state index in [0.29, 0.717) is 18.4 Å². The van der Waals surface area contributed by atoms with Crippen molar-refractivity contribution in [1.29, 1.82) is 0 Å². The first kappa shape index (κ1) is 11.6. The van der Waals surface area contributed by atoms with Crippen LogP contribution >= 0.6 is 0 Å². The number of aliphatic carboxylic acids is 1. The number of carboxylic acid groups (broad SMARTS) is 1. The third-order valence-electron chi connectivity index (χ3n) is 3.13. The molecule has 90 valence electrons. The predicted molar refractivity (Wildman–Crippen MR) is 64.2 cm³/mol. The summed E-state index contributed by atoms with van der Waals surface area (Å²) in [4.78, 5) is 21.9. The molecule has 0 amide bonds. The normalized spacial score (nSPS) is 22.6. The van der Waals surface area contributed by atoms with Gasteiger partial charge >= 0.3 is 5.97 Å². The molecule has 0 heterocycles. The maximum atomic E-state index is 11.2. The average molecular weight is 233 g/mol. The van der Waals surface area contributed by atoms with Crippen molar-refractivity contribution in [2.45, 2.75) is 25.8 Å².